The summed E-state index contributed by atoms with van der Waals surface area (Å²) in [5, 5.41) is 17.7. The molecule has 0 bridgehead atoms. The van der Waals surface area contributed by atoms with Crippen LogP contribution in [-0.4, -0.2) is 17.1 Å². The van der Waals surface area contributed by atoms with E-state index in [2.05, 4.69) is 29.4 Å². The highest BCUT2D eigenvalue weighted by atomic mass is 35.5. The van der Waals surface area contributed by atoms with Gasteiger partial charge in [-0.1, -0.05) is 24.3 Å². The second-order valence-electron chi connectivity index (χ2n) is 6.59. The monoisotopic (exact) mass is 400 g/mol. The van der Waals surface area contributed by atoms with Gasteiger partial charge in [0.15, 0.2) is 0 Å². The molecule has 0 fully saturated rings. The van der Waals surface area contributed by atoms with Crippen LogP contribution in [0.2, 0.25) is 0 Å². The smallest absolute Gasteiger partial charge is 0.266 e. The van der Waals surface area contributed by atoms with Gasteiger partial charge in [-0.05, 0) is 55.1 Å². The van der Waals surface area contributed by atoms with Crippen molar-refractivity contribution in [2.75, 3.05) is 7.05 Å². The van der Waals surface area contributed by atoms with Crippen LogP contribution in [0.4, 0.5) is 0 Å². The Morgan fingerprint density at radius 3 is 2.56 bits per heavy atom. The van der Waals surface area contributed by atoms with E-state index in [4.69, 9.17) is 0 Å². The summed E-state index contributed by atoms with van der Waals surface area (Å²) >= 11 is 1.42. The molecule has 1 atom stereocenters. The Labute approximate surface area is 167 Å². The summed E-state index contributed by atoms with van der Waals surface area (Å²) in [5.41, 5.74) is 4.42. The van der Waals surface area contributed by atoms with Gasteiger partial charge in [-0.2, -0.15) is 0 Å². The Morgan fingerprint density at radius 2 is 1.89 bits per heavy atom. The van der Waals surface area contributed by atoms with E-state index in [0.717, 1.165) is 33.0 Å². The highest BCUT2D eigenvalue weighted by Gasteiger charge is 2.17. The van der Waals surface area contributed by atoms with Gasteiger partial charge in [0.05, 0.1) is 5.52 Å². The van der Waals surface area contributed by atoms with Gasteiger partial charge in [0, 0.05) is 22.4 Å². The maximum atomic E-state index is 12.4. The first kappa shape index (κ1) is 19.4. The lowest BCUT2D eigenvalue weighted by atomic mass is 9.94. The number of rotatable bonds is 3. The normalized spacial score (nSPS) is 12.3. The molecule has 140 valence electrons. The number of halogens is 1. The molecule has 0 saturated carbocycles. The van der Waals surface area contributed by atoms with E-state index in [0.29, 0.717) is 4.70 Å². The second kappa shape index (κ2) is 7.35. The molecule has 0 aliphatic rings. The lowest BCUT2D eigenvalue weighted by molar-refractivity contribution is 0.477. The maximum absolute atomic E-state index is 12.4. The first-order valence-electron chi connectivity index (χ1n) is 8.54. The molecular weight excluding hydrogens is 380 g/mol. The van der Waals surface area contributed by atoms with Crippen LogP contribution in [0.25, 0.3) is 32.1 Å². The topological polar surface area (TPSA) is 65.1 Å². The van der Waals surface area contributed by atoms with Gasteiger partial charge in [-0.15, -0.1) is 23.7 Å². The number of nitrogens with one attached hydrogen (secondary N) is 2. The number of thiophene rings is 1. The summed E-state index contributed by atoms with van der Waals surface area (Å²) in [7, 11) is 1.93. The molecule has 27 heavy (non-hydrogen) atoms. The van der Waals surface area contributed by atoms with Crippen molar-refractivity contribution >= 4 is 44.7 Å². The average Bonchev–Trinajstić information content (AvgIpc) is 3.13. The fourth-order valence-corrected chi connectivity index (χ4v) is 4.28. The summed E-state index contributed by atoms with van der Waals surface area (Å²) in [6.45, 7) is 4.01. The molecule has 0 aliphatic carbocycles. The number of aromatic hydroxyl groups is 1. The van der Waals surface area contributed by atoms with E-state index in [9.17, 15) is 9.90 Å². The number of benzene rings is 2. The number of H-pyrrole nitrogens is 1. The number of pyridine rings is 1. The Balaban J connectivity index is 0.00000210. The maximum Gasteiger partial charge on any atom is 0.266 e. The van der Waals surface area contributed by atoms with Gasteiger partial charge in [-0.3, -0.25) is 4.79 Å². The number of hydrogen-bond acceptors (Lipinski definition) is 4. The van der Waals surface area contributed by atoms with Crippen LogP contribution in [0.3, 0.4) is 0 Å². The van der Waals surface area contributed by atoms with Crippen LogP contribution in [0, 0.1) is 6.92 Å². The summed E-state index contributed by atoms with van der Waals surface area (Å²) in [4.78, 5) is 15.4. The van der Waals surface area contributed by atoms with Crippen molar-refractivity contribution in [2.24, 2.45) is 0 Å². The van der Waals surface area contributed by atoms with Gasteiger partial charge in [0.2, 0.25) is 0 Å². The quantitative estimate of drug-likeness (QED) is 0.447. The van der Waals surface area contributed by atoms with E-state index in [1.807, 2.05) is 37.6 Å². The number of fused-ring (bicyclic) bond motifs is 3. The van der Waals surface area contributed by atoms with Gasteiger partial charge in [0.1, 0.15) is 10.4 Å². The van der Waals surface area contributed by atoms with Crippen LogP contribution < -0.4 is 10.9 Å². The largest absolute Gasteiger partial charge is 0.507 e. The van der Waals surface area contributed by atoms with Crippen LogP contribution in [-0.2, 0) is 0 Å². The number of hydrogen-bond donors (Lipinski definition) is 3. The number of aromatic amines is 1. The van der Waals surface area contributed by atoms with Gasteiger partial charge in [0.25, 0.3) is 5.56 Å². The fraction of sp³-hybridized carbons (Fsp3) is 0.190. The zero-order valence-electron chi connectivity index (χ0n) is 15.3. The predicted octanol–water partition coefficient (Wildman–Crippen LogP) is 5.13. The molecule has 2 heterocycles. The third-order valence-electron chi connectivity index (χ3n) is 5.02. The number of aromatic nitrogens is 1. The molecule has 0 spiro atoms. The van der Waals surface area contributed by atoms with Gasteiger partial charge >= 0.3 is 0 Å². The van der Waals surface area contributed by atoms with Crippen molar-refractivity contribution < 1.29 is 5.11 Å². The minimum atomic E-state index is -0.0829. The van der Waals surface area contributed by atoms with Gasteiger partial charge < -0.3 is 15.4 Å². The van der Waals surface area contributed by atoms with Gasteiger partial charge in [-0.25, -0.2) is 0 Å². The molecule has 0 saturated heterocycles. The Hall–Kier alpha value is -2.34. The molecule has 4 aromatic rings. The Morgan fingerprint density at radius 1 is 1.19 bits per heavy atom. The van der Waals surface area contributed by atoms with E-state index in [-0.39, 0.29) is 29.8 Å². The number of phenolic OH excluding ortho intramolecular Hbond substituents is 1. The molecule has 2 aromatic heterocycles. The molecule has 4 rings (SSSR count). The SMILES string of the molecule is CN[C@H](C)c1ccc(-c2c(O)cc(C)c3[nH]c(=O)c4sccc4c23)cc1.Cl. The van der Waals surface area contributed by atoms with Crippen molar-refractivity contribution in [1.29, 1.82) is 0 Å². The van der Waals surface area contributed by atoms with Crippen LogP contribution in [0.5, 0.6) is 5.75 Å². The lowest BCUT2D eigenvalue weighted by Crippen LogP contribution is -2.11. The van der Waals surface area contributed by atoms with Crippen molar-refractivity contribution in [3.63, 3.8) is 0 Å². The standard InChI is InChI=1S/C21H20N2O2S.ClH/c1-11-10-16(24)17(14-6-4-13(5-7-14)12(2)22-3)18-15-8-9-26-20(15)21(25)23-19(11)18;/h4-10,12,22,24H,1-3H3,(H,23,25);1H/t12-;/m1./s1. The number of aryl methyl sites for hydroxylation is 1. The minimum absolute atomic E-state index is 0. The zero-order chi connectivity index (χ0) is 18.4. The zero-order valence-corrected chi connectivity index (χ0v) is 16.9. The Bertz CT molecular complexity index is 1180. The minimum Gasteiger partial charge on any atom is -0.507 e. The first-order valence-corrected chi connectivity index (χ1v) is 9.42. The molecule has 0 amide bonds. The summed E-state index contributed by atoms with van der Waals surface area (Å²) in [6, 6.07) is 12.1. The van der Waals surface area contributed by atoms with E-state index in [1.165, 1.54) is 16.9 Å². The Kier molecular flexibility index (Phi) is 5.29. The van der Waals surface area contributed by atoms with E-state index >= 15 is 0 Å². The van der Waals surface area contributed by atoms with Crippen molar-refractivity contribution in [3.05, 3.63) is 63.3 Å². The average molecular weight is 401 g/mol. The molecule has 0 aliphatic heterocycles. The van der Waals surface area contributed by atoms with Crippen LogP contribution >= 0.6 is 23.7 Å². The lowest BCUT2D eigenvalue weighted by Gasteiger charge is -2.15. The van der Waals surface area contributed by atoms with Crippen LogP contribution in [0.15, 0.2) is 46.6 Å². The molecule has 2 aromatic carbocycles. The van der Waals surface area contributed by atoms with E-state index < -0.39 is 0 Å². The fourth-order valence-electron chi connectivity index (χ4n) is 3.48. The van der Waals surface area contributed by atoms with Crippen molar-refractivity contribution in [1.82, 2.24) is 10.3 Å². The second-order valence-corrected chi connectivity index (χ2v) is 7.50. The number of phenols is 1. The molecule has 4 nitrogen and oxygen atoms in total. The van der Waals surface area contributed by atoms with Crippen LogP contribution in [0.1, 0.15) is 24.1 Å². The predicted molar refractivity (Wildman–Crippen MR) is 117 cm³/mol. The van der Waals surface area contributed by atoms with Crippen molar-refractivity contribution in [3.8, 4) is 16.9 Å². The highest BCUT2D eigenvalue weighted by Crippen LogP contribution is 2.41. The summed E-state index contributed by atoms with van der Waals surface area (Å²) < 4.78 is 0.684. The highest BCUT2D eigenvalue weighted by molar-refractivity contribution is 7.17. The third-order valence-corrected chi connectivity index (χ3v) is 5.93. The molecule has 6 heteroatoms. The molecular formula is C21H21ClN2O2S. The molecule has 0 radical (unpaired) electrons. The molecule has 0 unspecified atom stereocenters. The summed E-state index contributed by atoms with van der Waals surface area (Å²) in [5.74, 6) is 0.226. The third kappa shape index (κ3) is 3.12. The molecule has 3 N–H and O–H groups in total. The first-order chi connectivity index (χ1) is 12.5. The van der Waals surface area contributed by atoms with Crippen molar-refractivity contribution in [2.45, 2.75) is 19.9 Å². The van der Waals surface area contributed by atoms with E-state index in [1.54, 1.807) is 6.07 Å². The summed E-state index contributed by atoms with van der Waals surface area (Å²) in [6.07, 6.45) is 0.